The molecule has 0 aliphatic carbocycles. The number of nitrogens with zero attached hydrogens (tertiary/aromatic N) is 1. The lowest BCUT2D eigenvalue weighted by molar-refractivity contribution is 0.201. The molecular formula is C12H19BrN2O. The summed E-state index contributed by atoms with van der Waals surface area (Å²) < 4.78 is 1.01. The first-order chi connectivity index (χ1) is 7.41. The van der Waals surface area contributed by atoms with Crippen LogP contribution < -0.4 is 10.6 Å². The van der Waals surface area contributed by atoms with Crippen LogP contribution in [-0.4, -0.2) is 24.8 Å². The molecule has 0 amide bonds. The number of aliphatic hydroxyl groups excluding tert-OH is 1. The number of hydrogen-bond acceptors (Lipinski definition) is 3. The molecule has 0 saturated carbocycles. The molecule has 16 heavy (non-hydrogen) atoms. The number of hydrogen-bond donors (Lipinski definition) is 2. The fraction of sp³-hybridized carbons (Fsp3) is 0.500. The molecule has 3 nitrogen and oxygen atoms in total. The fourth-order valence-electron chi connectivity index (χ4n) is 1.62. The summed E-state index contributed by atoms with van der Waals surface area (Å²) in [6.07, 6.45) is -0.336. The number of benzene rings is 1. The van der Waals surface area contributed by atoms with Crippen molar-refractivity contribution in [1.29, 1.82) is 0 Å². The van der Waals surface area contributed by atoms with Gasteiger partial charge in [-0.15, -0.1) is 0 Å². The molecule has 0 aliphatic heterocycles. The van der Waals surface area contributed by atoms with E-state index in [1.807, 2.05) is 37.1 Å². The minimum absolute atomic E-state index is 0.0190. The van der Waals surface area contributed by atoms with Gasteiger partial charge in [0.2, 0.25) is 0 Å². The summed E-state index contributed by atoms with van der Waals surface area (Å²) in [5.74, 6) is 0. The van der Waals surface area contributed by atoms with E-state index >= 15 is 0 Å². The lowest BCUT2D eigenvalue weighted by atomic mass is 10.1. The van der Waals surface area contributed by atoms with Crippen LogP contribution in [0, 0.1) is 0 Å². The van der Waals surface area contributed by atoms with E-state index in [9.17, 15) is 5.11 Å². The maximum absolute atomic E-state index is 9.32. The highest BCUT2D eigenvalue weighted by atomic mass is 79.9. The molecule has 0 bridgehead atoms. The SMILES string of the molecule is CC(O)CN(C)c1ccc([C@@H](C)N)c(Br)c1. The van der Waals surface area contributed by atoms with E-state index in [0.717, 1.165) is 15.7 Å². The molecule has 1 rings (SSSR count). The van der Waals surface area contributed by atoms with E-state index in [4.69, 9.17) is 5.73 Å². The molecule has 90 valence electrons. The molecule has 1 aromatic rings. The maximum atomic E-state index is 9.32. The zero-order chi connectivity index (χ0) is 12.3. The van der Waals surface area contributed by atoms with Crippen LogP contribution in [0.25, 0.3) is 0 Å². The van der Waals surface area contributed by atoms with E-state index in [1.165, 1.54) is 0 Å². The van der Waals surface area contributed by atoms with Crippen LogP contribution in [0.1, 0.15) is 25.5 Å². The molecule has 0 fully saturated rings. The first-order valence-corrected chi connectivity index (χ1v) is 6.15. The number of nitrogens with two attached hydrogens (primary N) is 1. The van der Waals surface area contributed by atoms with Crippen LogP contribution >= 0.6 is 15.9 Å². The van der Waals surface area contributed by atoms with Gasteiger partial charge in [-0.2, -0.15) is 0 Å². The normalized spacial score (nSPS) is 14.6. The van der Waals surface area contributed by atoms with Crippen LogP contribution in [-0.2, 0) is 0 Å². The van der Waals surface area contributed by atoms with Crippen LogP contribution in [0.3, 0.4) is 0 Å². The molecule has 0 spiro atoms. The summed E-state index contributed by atoms with van der Waals surface area (Å²) in [4.78, 5) is 2.01. The Morgan fingerprint density at radius 2 is 2.06 bits per heavy atom. The third-order valence-electron chi connectivity index (χ3n) is 2.45. The van der Waals surface area contributed by atoms with Crippen LogP contribution in [0.2, 0.25) is 0 Å². The van der Waals surface area contributed by atoms with E-state index in [2.05, 4.69) is 15.9 Å². The smallest absolute Gasteiger partial charge is 0.0686 e. The van der Waals surface area contributed by atoms with E-state index in [-0.39, 0.29) is 12.1 Å². The standard InChI is InChI=1S/C12H19BrN2O/c1-8(16)7-15(3)10-4-5-11(9(2)14)12(13)6-10/h4-6,8-9,16H,7,14H2,1-3H3/t8?,9-/m1/s1. The van der Waals surface area contributed by atoms with Gasteiger partial charge in [0.05, 0.1) is 6.10 Å². The highest BCUT2D eigenvalue weighted by Crippen LogP contribution is 2.26. The minimum atomic E-state index is -0.336. The second-order valence-electron chi connectivity index (χ2n) is 4.22. The molecule has 1 unspecified atom stereocenters. The van der Waals surface area contributed by atoms with Crippen molar-refractivity contribution in [3.05, 3.63) is 28.2 Å². The lowest BCUT2D eigenvalue weighted by Crippen LogP contribution is -2.26. The molecule has 3 N–H and O–H groups in total. The molecule has 4 heteroatoms. The Bertz CT molecular complexity index is 353. The molecule has 0 aliphatic rings. The fourth-order valence-corrected chi connectivity index (χ4v) is 2.35. The van der Waals surface area contributed by atoms with Crippen molar-refractivity contribution in [1.82, 2.24) is 0 Å². The molecule has 0 heterocycles. The van der Waals surface area contributed by atoms with Crippen molar-refractivity contribution >= 4 is 21.6 Å². The average Bonchev–Trinajstić information content (AvgIpc) is 2.15. The largest absolute Gasteiger partial charge is 0.392 e. The van der Waals surface area contributed by atoms with Crippen molar-refractivity contribution in [2.45, 2.75) is 26.0 Å². The number of likely N-dealkylation sites (N-methyl/N-ethyl adjacent to an activating group) is 1. The first kappa shape index (κ1) is 13.5. The Kier molecular flexibility index (Phi) is 4.77. The highest BCUT2D eigenvalue weighted by molar-refractivity contribution is 9.10. The molecule has 1 aromatic carbocycles. The Hall–Kier alpha value is -0.580. The summed E-state index contributed by atoms with van der Waals surface area (Å²) in [5, 5.41) is 9.32. The molecule has 0 saturated heterocycles. The average molecular weight is 287 g/mol. The highest BCUT2D eigenvalue weighted by Gasteiger charge is 2.09. The van der Waals surface area contributed by atoms with Gasteiger partial charge in [0.15, 0.2) is 0 Å². The Morgan fingerprint density at radius 3 is 2.50 bits per heavy atom. The Labute approximate surface area is 105 Å². The van der Waals surface area contributed by atoms with E-state index < -0.39 is 0 Å². The van der Waals surface area contributed by atoms with Gasteiger partial charge in [-0.05, 0) is 31.5 Å². The zero-order valence-electron chi connectivity index (χ0n) is 9.94. The summed E-state index contributed by atoms with van der Waals surface area (Å²) in [5.41, 5.74) is 8.00. The summed E-state index contributed by atoms with van der Waals surface area (Å²) in [6, 6.07) is 6.08. The quantitative estimate of drug-likeness (QED) is 0.893. The Balaban J connectivity index is 2.88. The van der Waals surface area contributed by atoms with Gasteiger partial charge in [-0.25, -0.2) is 0 Å². The maximum Gasteiger partial charge on any atom is 0.0686 e. The van der Waals surface area contributed by atoms with Gasteiger partial charge in [0.25, 0.3) is 0 Å². The van der Waals surface area contributed by atoms with Crippen molar-refractivity contribution in [3.8, 4) is 0 Å². The van der Waals surface area contributed by atoms with Gasteiger partial charge < -0.3 is 15.7 Å². The number of rotatable bonds is 4. The first-order valence-electron chi connectivity index (χ1n) is 5.36. The van der Waals surface area contributed by atoms with E-state index in [1.54, 1.807) is 6.92 Å². The van der Waals surface area contributed by atoms with Gasteiger partial charge >= 0.3 is 0 Å². The van der Waals surface area contributed by atoms with Gasteiger partial charge in [-0.3, -0.25) is 0 Å². The Morgan fingerprint density at radius 1 is 1.44 bits per heavy atom. The molecule has 2 atom stereocenters. The predicted octanol–water partition coefficient (Wildman–Crippen LogP) is 2.29. The number of anilines is 1. The van der Waals surface area contributed by atoms with Crippen molar-refractivity contribution in [3.63, 3.8) is 0 Å². The third kappa shape index (κ3) is 3.47. The van der Waals surface area contributed by atoms with Crippen molar-refractivity contribution in [2.24, 2.45) is 5.73 Å². The van der Waals surface area contributed by atoms with E-state index in [0.29, 0.717) is 6.54 Å². The van der Waals surface area contributed by atoms with Gasteiger partial charge in [0.1, 0.15) is 0 Å². The summed E-state index contributed by atoms with van der Waals surface area (Å²) in [7, 11) is 1.96. The van der Waals surface area contributed by atoms with Crippen molar-refractivity contribution < 1.29 is 5.11 Å². The van der Waals surface area contributed by atoms with Gasteiger partial charge in [0, 0.05) is 29.8 Å². The topological polar surface area (TPSA) is 49.5 Å². The second-order valence-corrected chi connectivity index (χ2v) is 5.08. The lowest BCUT2D eigenvalue weighted by Gasteiger charge is -2.22. The predicted molar refractivity (Wildman–Crippen MR) is 71.7 cm³/mol. The molecular weight excluding hydrogens is 268 g/mol. The van der Waals surface area contributed by atoms with Crippen LogP contribution in [0.4, 0.5) is 5.69 Å². The summed E-state index contributed by atoms with van der Waals surface area (Å²) >= 11 is 3.51. The minimum Gasteiger partial charge on any atom is -0.392 e. The number of halogens is 1. The monoisotopic (exact) mass is 286 g/mol. The third-order valence-corrected chi connectivity index (χ3v) is 3.14. The van der Waals surface area contributed by atoms with Crippen molar-refractivity contribution in [2.75, 3.05) is 18.5 Å². The molecule has 0 radical (unpaired) electrons. The number of aliphatic hydroxyl groups is 1. The molecule has 0 aromatic heterocycles. The van der Waals surface area contributed by atoms with Crippen LogP contribution in [0.15, 0.2) is 22.7 Å². The van der Waals surface area contributed by atoms with Gasteiger partial charge in [-0.1, -0.05) is 22.0 Å². The zero-order valence-corrected chi connectivity index (χ0v) is 11.5. The van der Waals surface area contributed by atoms with Crippen LogP contribution in [0.5, 0.6) is 0 Å². The second kappa shape index (κ2) is 5.66. The summed E-state index contributed by atoms with van der Waals surface area (Å²) in [6.45, 7) is 4.35.